The van der Waals surface area contributed by atoms with Gasteiger partial charge in [-0.1, -0.05) is 26.8 Å². The molecule has 1 unspecified atom stereocenters. The second-order valence-electron chi connectivity index (χ2n) is 13.4. The molecule has 4 aromatic rings. The van der Waals surface area contributed by atoms with Crippen LogP contribution in [0.4, 0.5) is 10.1 Å². The number of hydrogen-bond acceptors (Lipinski definition) is 5. The Labute approximate surface area is 264 Å². The predicted molar refractivity (Wildman–Crippen MR) is 176 cm³/mol. The molecule has 3 fully saturated rings. The number of likely N-dealkylation sites (N-methyl/N-ethyl adjacent to an activating group) is 1. The third kappa shape index (κ3) is 5.80. The average Bonchev–Trinajstić information content (AvgIpc) is 3.04. The number of methoxy groups -OCH3 is 1. The van der Waals surface area contributed by atoms with Gasteiger partial charge in [0, 0.05) is 50.3 Å². The summed E-state index contributed by atoms with van der Waals surface area (Å²) in [6.07, 6.45) is 8.61. The van der Waals surface area contributed by atoms with Gasteiger partial charge in [-0.2, -0.15) is 0 Å². The number of nitrogens with zero attached hydrogens (tertiary/aromatic N) is 5. The highest BCUT2D eigenvalue weighted by molar-refractivity contribution is 5.96. The van der Waals surface area contributed by atoms with Crippen LogP contribution in [0.15, 0.2) is 72.0 Å². The summed E-state index contributed by atoms with van der Waals surface area (Å²) in [4.78, 5) is 26.5. The number of ether oxygens (including phenoxy) is 1. The highest BCUT2D eigenvalue weighted by Crippen LogP contribution is 2.62. The zero-order valence-corrected chi connectivity index (χ0v) is 26.8. The number of pyridine rings is 1. The molecule has 2 bridgehead atoms. The number of guanidine groups is 1. The maximum absolute atomic E-state index is 14.5. The lowest BCUT2D eigenvalue weighted by Crippen LogP contribution is -2.63. The van der Waals surface area contributed by atoms with Crippen molar-refractivity contribution in [1.29, 1.82) is 5.41 Å². The SMILES string of the molecule is COc1ccc(CCn2cnc3cc(N(C(=N)N(C)CCc4ccncc4)C4C[C@@H]5C[C@H]([C@@H]4C)C5(C)C)ccc3c2=O)c(F)c1. The maximum atomic E-state index is 14.5. The van der Waals surface area contributed by atoms with Crippen LogP contribution < -0.4 is 15.2 Å². The summed E-state index contributed by atoms with van der Waals surface area (Å²) in [6.45, 7) is 8.13. The largest absolute Gasteiger partial charge is 0.497 e. The van der Waals surface area contributed by atoms with Crippen molar-refractivity contribution < 1.29 is 9.13 Å². The number of nitrogens with one attached hydrogen (secondary N) is 1. The molecule has 1 N–H and O–H groups in total. The Bertz CT molecular complexity index is 1760. The quantitative estimate of drug-likeness (QED) is 0.180. The van der Waals surface area contributed by atoms with E-state index in [2.05, 4.69) is 35.6 Å². The normalized spacial score (nSPS) is 21.6. The number of aryl methyl sites for hydroxylation is 2. The molecule has 2 aromatic carbocycles. The first kappa shape index (κ1) is 30.7. The molecule has 236 valence electrons. The van der Waals surface area contributed by atoms with Crippen molar-refractivity contribution in [2.45, 2.75) is 59.0 Å². The highest BCUT2D eigenvalue weighted by atomic mass is 19.1. The summed E-state index contributed by atoms with van der Waals surface area (Å²) in [7, 11) is 3.49. The monoisotopic (exact) mass is 610 g/mol. The second-order valence-corrected chi connectivity index (χ2v) is 13.4. The van der Waals surface area contributed by atoms with Crippen LogP contribution in [-0.4, -0.2) is 52.1 Å². The van der Waals surface area contributed by atoms with E-state index in [0.29, 0.717) is 70.9 Å². The number of fused-ring (bicyclic) bond motifs is 3. The summed E-state index contributed by atoms with van der Waals surface area (Å²) < 4.78 is 21.1. The topological polar surface area (TPSA) is 87.3 Å². The van der Waals surface area contributed by atoms with E-state index in [1.54, 1.807) is 30.9 Å². The van der Waals surface area contributed by atoms with Gasteiger partial charge in [0.1, 0.15) is 11.6 Å². The van der Waals surface area contributed by atoms with E-state index in [4.69, 9.17) is 4.74 Å². The first-order valence-electron chi connectivity index (χ1n) is 15.9. The summed E-state index contributed by atoms with van der Waals surface area (Å²) in [5.41, 5.74) is 3.33. The van der Waals surface area contributed by atoms with Gasteiger partial charge in [0.2, 0.25) is 0 Å². The molecular formula is C36H43FN6O2. The molecule has 2 aromatic heterocycles. The summed E-state index contributed by atoms with van der Waals surface area (Å²) in [6, 6.07) is 14.7. The molecule has 3 saturated carbocycles. The number of rotatable bonds is 9. The van der Waals surface area contributed by atoms with Gasteiger partial charge < -0.3 is 14.5 Å². The van der Waals surface area contributed by atoms with E-state index in [9.17, 15) is 14.6 Å². The Morgan fingerprint density at radius 3 is 2.58 bits per heavy atom. The van der Waals surface area contributed by atoms with Gasteiger partial charge in [-0.05, 0) is 96.4 Å². The lowest BCUT2D eigenvalue weighted by atomic mass is 9.44. The van der Waals surface area contributed by atoms with Crippen molar-refractivity contribution in [2.75, 3.05) is 25.6 Å². The fourth-order valence-corrected chi connectivity index (χ4v) is 7.62. The van der Waals surface area contributed by atoms with Crippen molar-refractivity contribution in [3.05, 3.63) is 94.5 Å². The Morgan fingerprint density at radius 1 is 1.11 bits per heavy atom. The highest BCUT2D eigenvalue weighted by Gasteiger charge is 2.57. The van der Waals surface area contributed by atoms with Gasteiger partial charge in [0.25, 0.3) is 5.56 Å². The van der Waals surface area contributed by atoms with Crippen molar-refractivity contribution in [1.82, 2.24) is 19.4 Å². The van der Waals surface area contributed by atoms with Crippen LogP contribution in [0.2, 0.25) is 0 Å². The van der Waals surface area contributed by atoms with E-state index < -0.39 is 0 Å². The Balaban J connectivity index is 1.27. The lowest BCUT2D eigenvalue weighted by Gasteiger charge is -2.63. The molecule has 2 heterocycles. The minimum atomic E-state index is -0.355. The molecule has 0 radical (unpaired) electrons. The fourth-order valence-electron chi connectivity index (χ4n) is 7.62. The maximum Gasteiger partial charge on any atom is 0.261 e. The summed E-state index contributed by atoms with van der Waals surface area (Å²) in [5.74, 6) is 2.21. The smallest absolute Gasteiger partial charge is 0.261 e. The van der Waals surface area contributed by atoms with Crippen LogP contribution in [0, 0.1) is 34.4 Å². The van der Waals surface area contributed by atoms with Gasteiger partial charge in [-0.3, -0.25) is 19.8 Å². The van der Waals surface area contributed by atoms with E-state index in [1.807, 2.05) is 42.3 Å². The summed E-state index contributed by atoms with van der Waals surface area (Å²) >= 11 is 0. The number of benzene rings is 2. The second kappa shape index (κ2) is 12.3. The van der Waals surface area contributed by atoms with Crippen LogP contribution in [0.25, 0.3) is 10.9 Å². The van der Waals surface area contributed by atoms with Gasteiger partial charge in [-0.15, -0.1) is 0 Å². The van der Waals surface area contributed by atoms with Gasteiger partial charge >= 0.3 is 0 Å². The molecule has 8 nitrogen and oxygen atoms in total. The van der Waals surface area contributed by atoms with Crippen LogP contribution in [0.5, 0.6) is 5.75 Å². The third-order valence-corrected chi connectivity index (χ3v) is 10.7. The van der Waals surface area contributed by atoms with E-state index in [0.717, 1.165) is 18.5 Å². The first-order valence-corrected chi connectivity index (χ1v) is 15.9. The lowest BCUT2D eigenvalue weighted by molar-refractivity contribution is -0.108. The first-order chi connectivity index (χ1) is 21.6. The van der Waals surface area contributed by atoms with Gasteiger partial charge in [0.05, 0.1) is 24.3 Å². The Hall–Kier alpha value is -4.27. The molecule has 3 aliphatic rings. The zero-order valence-electron chi connectivity index (χ0n) is 26.8. The van der Waals surface area contributed by atoms with E-state index >= 15 is 0 Å². The molecule has 45 heavy (non-hydrogen) atoms. The molecule has 0 amide bonds. The van der Waals surface area contributed by atoms with Crippen molar-refractivity contribution in [3.63, 3.8) is 0 Å². The number of hydrogen-bond donors (Lipinski definition) is 1. The minimum absolute atomic E-state index is 0.161. The molecule has 9 heteroatoms. The third-order valence-electron chi connectivity index (χ3n) is 10.7. The van der Waals surface area contributed by atoms with Crippen LogP contribution in [0.3, 0.4) is 0 Å². The predicted octanol–water partition coefficient (Wildman–Crippen LogP) is 6.17. The number of halogens is 1. The summed E-state index contributed by atoms with van der Waals surface area (Å²) in [5, 5.41) is 9.95. The van der Waals surface area contributed by atoms with Crippen molar-refractivity contribution in [3.8, 4) is 5.75 Å². The van der Waals surface area contributed by atoms with Crippen molar-refractivity contribution >= 4 is 22.5 Å². The molecule has 4 atom stereocenters. The average molecular weight is 611 g/mol. The zero-order chi connectivity index (χ0) is 31.9. The molecule has 0 saturated heterocycles. The molecule has 0 aliphatic heterocycles. The van der Waals surface area contributed by atoms with Crippen LogP contribution in [0.1, 0.15) is 44.7 Å². The van der Waals surface area contributed by atoms with Crippen LogP contribution in [-0.2, 0) is 19.4 Å². The Morgan fingerprint density at radius 2 is 1.89 bits per heavy atom. The van der Waals surface area contributed by atoms with Crippen molar-refractivity contribution in [2.24, 2.45) is 23.2 Å². The molecule has 7 rings (SSSR count). The van der Waals surface area contributed by atoms with E-state index in [1.165, 1.54) is 29.7 Å². The molecular weight excluding hydrogens is 567 g/mol. The number of aromatic nitrogens is 3. The standard InChI is InChI=1S/C36H43FN6O2/c1-23-30-18-26(36(30,2)3)19-33(23)43(35(38)41(4)16-12-24-10-14-39-15-11-24)27-7-9-29-32(20-27)40-22-42(34(29)44)17-13-25-6-8-28(45-5)21-31(25)37/h6-11,14-15,20-23,26,30,33,38H,12-13,16-19H2,1-5H3/t23-,26-,30+,33?/m0/s1. The fraction of sp³-hybridized carbons (Fsp3) is 0.444. The molecule has 0 spiro atoms. The number of anilines is 1. The van der Waals surface area contributed by atoms with E-state index in [-0.39, 0.29) is 17.4 Å². The Kier molecular flexibility index (Phi) is 8.37. The molecule has 3 aliphatic carbocycles. The van der Waals surface area contributed by atoms with Crippen LogP contribution >= 0.6 is 0 Å². The van der Waals surface area contributed by atoms with Gasteiger partial charge in [-0.25, -0.2) is 9.37 Å². The van der Waals surface area contributed by atoms with Gasteiger partial charge in [0.15, 0.2) is 5.96 Å². The minimum Gasteiger partial charge on any atom is -0.497 e.